The average molecular weight is 549 g/mol. The number of carbonyl (C=O) groups excluding carboxylic acids is 1. The maximum absolute atomic E-state index is 12.9. The first-order valence-electron chi connectivity index (χ1n) is 11.5. The van der Waals surface area contributed by atoms with E-state index in [-0.39, 0.29) is 17.5 Å². The Kier molecular flexibility index (Phi) is 7.33. The summed E-state index contributed by atoms with van der Waals surface area (Å²) >= 11 is 3.43. The largest absolute Gasteiger partial charge is 0.437 e. The molecule has 182 valence electrons. The minimum atomic E-state index is -3.55. The van der Waals surface area contributed by atoms with Crippen LogP contribution in [-0.4, -0.2) is 44.5 Å². The third-order valence-corrected chi connectivity index (χ3v) is 7.82. The minimum absolute atomic E-state index is 0.231. The van der Waals surface area contributed by atoms with E-state index in [1.165, 1.54) is 10.6 Å². The van der Waals surface area contributed by atoms with Gasteiger partial charge >= 0.3 is 0 Å². The Balaban J connectivity index is 1.89. The van der Waals surface area contributed by atoms with Gasteiger partial charge in [-0.3, -0.25) is 9.10 Å². The monoisotopic (exact) mass is 547 g/mol. The van der Waals surface area contributed by atoms with Crippen LogP contribution >= 0.6 is 15.9 Å². The molecule has 0 saturated heterocycles. The van der Waals surface area contributed by atoms with Crippen LogP contribution < -0.4 is 9.62 Å². The van der Waals surface area contributed by atoms with Gasteiger partial charge in [-0.15, -0.1) is 0 Å². The van der Waals surface area contributed by atoms with E-state index in [2.05, 4.69) is 21.2 Å². The predicted molar refractivity (Wildman–Crippen MR) is 139 cm³/mol. The highest BCUT2D eigenvalue weighted by Crippen LogP contribution is 2.46. The van der Waals surface area contributed by atoms with Crippen LogP contribution in [0.4, 0.5) is 5.82 Å². The van der Waals surface area contributed by atoms with Gasteiger partial charge < -0.3 is 9.73 Å². The molecule has 1 saturated carbocycles. The molecule has 1 aliphatic rings. The van der Waals surface area contributed by atoms with E-state index in [9.17, 15) is 13.2 Å². The molecule has 34 heavy (non-hydrogen) atoms. The maximum atomic E-state index is 12.9. The Bertz CT molecular complexity index is 1300. The van der Waals surface area contributed by atoms with Crippen LogP contribution in [0.15, 0.2) is 34.7 Å². The molecule has 7 nitrogen and oxygen atoms in total. The highest BCUT2D eigenvalue weighted by molar-refractivity contribution is 9.09. The molecule has 2 heterocycles. The highest BCUT2D eigenvalue weighted by Gasteiger charge is 2.34. The van der Waals surface area contributed by atoms with Crippen molar-refractivity contribution in [3.63, 3.8) is 0 Å². The van der Waals surface area contributed by atoms with E-state index >= 15 is 0 Å². The van der Waals surface area contributed by atoms with Gasteiger partial charge in [-0.25, -0.2) is 8.42 Å². The van der Waals surface area contributed by atoms with Crippen molar-refractivity contribution < 1.29 is 17.6 Å². The molecule has 2 aromatic heterocycles. The number of sulfonamides is 1. The molecule has 0 radical (unpaired) electrons. The summed E-state index contributed by atoms with van der Waals surface area (Å²) in [7, 11) is -1.96. The van der Waals surface area contributed by atoms with E-state index in [1.807, 2.05) is 37.3 Å². The van der Waals surface area contributed by atoms with E-state index in [0.717, 1.165) is 54.1 Å². The van der Waals surface area contributed by atoms with Gasteiger partial charge in [0.1, 0.15) is 11.6 Å². The first-order valence-corrected chi connectivity index (χ1v) is 14.5. The van der Waals surface area contributed by atoms with Crippen LogP contribution in [0.1, 0.15) is 59.5 Å². The molecule has 1 aromatic carbocycles. The van der Waals surface area contributed by atoms with Gasteiger partial charge in [-0.1, -0.05) is 52.2 Å². The van der Waals surface area contributed by atoms with Crippen LogP contribution in [0.5, 0.6) is 0 Å². The molecule has 3 aromatic rings. The topological polar surface area (TPSA) is 92.5 Å². The van der Waals surface area contributed by atoms with Crippen LogP contribution in [0.2, 0.25) is 0 Å². The lowest BCUT2D eigenvalue weighted by molar-refractivity contribution is 0.0964. The van der Waals surface area contributed by atoms with Gasteiger partial charge in [0.05, 0.1) is 17.2 Å². The smallest absolute Gasteiger partial charge is 0.255 e. The number of benzene rings is 1. The zero-order chi connectivity index (χ0) is 24.5. The van der Waals surface area contributed by atoms with E-state index < -0.39 is 10.0 Å². The fraction of sp³-hybridized carbons (Fsp3) is 0.440. The number of nitrogens with one attached hydrogen (secondary N) is 1. The van der Waals surface area contributed by atoms with Crippen LogP contribution in [0.3, 0.4) is 0 Å². The number of pyridine rings is 1. The number of rotatable bonds is 10. The molecular formula is C25H30BrN3O4S. The SMILES string of the molecule is CNC(=O)c1c(-c2ccc(C)cc2)oc2nc(N(CCCCCBr)S(C)(=O)=O)c(C3CC3)cc12. The van der Waals surface area contributed by atoms with Crippen LogP contribution in [0, 0.1) is 6.92 Å². The van der Waals surface area contributed by atoms with Crippen molar-refractivity contribution >= 4 is 48.8 Å². The highest BCUT2D eigenvalue weighted by atomic mass is 79.9. The lowest BCUT2D eigenvalue weighted by Gasteiger charge is -2.23. The number of furan rings is 1. The third kappa shape index (κ3) is 5.15. The van der Waals surface area contributed by atoms with Gasteiger partial charge in [0.2, 0.25) is 15.7 Å². The molecular weight excluding hydrogens is 518 g/mol. The van der Waals surface area contributed by atoms with Gasteiger partial charge in [0, 0.05) is 24.5 Å². The van der Waals surface area contributed by atoms with Crippen molar-refractivity contribution in [3.8, 4) is 11.3 Å². The van der Waals surface area contributed by atoms with Crippen molar-refractivity contribution in [2.24, 2.45) is 0 Å². The third-order valence-electron chi connectivity index (χ3n) is 6.11. The van der Waals surface area contributed by atoms with E-state index in [0.29, 0.717) is 29.1 Å². The summed E-state index contributed by atoms with van der Waals surface area (Å²) in [5, 5.41) is 4.20. The normalized spacial score (nSPS) is 13.9. The number of fused-ring (bicyclic) bond motifs is 1. The molecule has 0 atom stereocenters. The molecule has 9 heteroatoms. The van der Waals surface area contributed by atoms with Gasteiger partial charge in [-0.05, 0) is 50.2 Å². The van der Waals surface area contributed by atoms with Crippen molar-refractivity contribution in [2.75, 3.05) is 29.5 Å². The molecule has 4 rings (SSSR count). The van der Waals surface area contributed by atoms with E-state index in [4.69, 9.17) is 9.40 Å². The summed E-state index contributed by atoms with van der Waals surface area (Å²) < 4.78 is 33.1. The molecule has 1 aliphatic carbocycles. The van der Waals surface area contributed by atoms with Gasteiger partial charge in [0.25, 0.3) is 5.91 Å². The predicted octanol–water partition coefficient (Wildman–Crippen LogP) is 5.37. The number of amides is 1. The van der Waals surface area contributed by atoms with Gasteiger partial charge in [-0.2, -0.15) is 4.98 Å². The number of aryl methyl sites for hydroxylation is 1. The second-order valence-electron chi connectivity index (χ2n) is 8.86. The summed E-state index contributed by atoms with van der Waals surface area (Å²) in [6.45, 7) is 2.35. The number of hydrogen-bond acceptors (Lipinski definition) is 5. The molecule has 0 bridgehead atoms. The number of carbonyl (C=O) groups is 1. The summed E-state index contributed by atoms with van der Waals surface area (Å²) in [5.41, 5.74) is 3.42. The Morgan fingerprint density at radius 1 is 1.21 bits per heavy atom. The van der Waals surface area contributed by atoms with Crippen LogP contribution in [0.25, 0.3) is 22.4 Å². The number of unbranched alkanes of at least 4 members (excludes halogenated alkanes) is 2. The fourth-order valence-corrected chi connectivity index (χ4v) is 5.46. The average Bonchev–Trinajstić information content (AvgIpc) is 3.58. The van der Waals surface area contributed by atoms with Crippen molar-refractivity contribution in [2.45, 2.75) is 44.9 Å². The number of anilines is 1. The maximum Gasteiger partial charge on any atom is 0.255 e. The van der Waals surface area contributed by atoms with E-state index in [1.54, 1.807) is 7.05 Å². The number of alkyl halides is 1. The van der Waals surface area contributed by atoms with Crippen molar-refractivity contribution in [1.82, 2.24) is 10.3 Å². The van der Waals surface area contributed by atoms with Crippen molar-refractivity contribution in [3.05, 3.63) is 47.0 Å². The Labute approximate surface area is 209 Å². The molecule has 1 N–H and O–H groups in total. The number of nitrogens with zero attached hydrogens (tertiary/aromatic N) is 2. The molecule has 0 spiro atoms. The minimum Gasteiger partial charge on any atom is -0.437 e. The quantitative estimate of drug-likeness (QED) is 0.272. The summed E-state index contributed by atoms with van der Waals surface area (Å²) in [5.74, 6) is 0.822. The van der Waals surface area contributed by atoms with Gasteiger partial charge in [0.15, 0.2) is 0 Å². The van der Waals surface area contributed by atoms with Crippen LogP contribution in [-0.2, 0) is 10.0 Å². The van der Waals surface area contributed by atoms with Crippen molar-refractivity contribution in [1.29, 1.82) is 0 Å². The summed E-state index contributed by atoms with van der Waals surface area (Å²) in [4.78, 5) is 17.7. The molecule has 0 unspecified atom stereocenters. The second-order valence-corrected chi connectivity index (χ2v) is 11.6. The summed E-state index contributed by atoms with van der Waals surface area (Å²) in [6, 6.07) is 9.66. The fourth-order valence-electron chi connectivity index (χ4n) is 4.14. The first kappa shape index (κ1) is 24.7. The number of halogens is 1. The zero-order valence-electron chi connectivity index (χ0n) is 19.7. The number of aromatic nitrogens is 1. The first-order chi connectivity index (χ1) is 16.2. The molecule has 1 amide bonds. The molecule has 1 fully saturated rings. The second kappa shape index (κ2) is 10.1. The lowest BCUT2D eigenvalue weighted by atomic mass is 10.0. The standard InChI is InChI=1S/C25H30BrN3O4S/c1-16-7-9-18(10-8-16)22-21(24(30)27-2)20-15-19(17-11-12-17)23(28-25(20)33-22)29(34(3,31)32)14-6-4-5-13-26/h7-10,15,17H,4-6,11-14H2,1-3H3,(H,27,30). The Morgan fingerprint density at radius 2 is 1.91 bits per heavy atom. The Morgan fingerprint density at radius 3 is 2.50 bits per heavy atom. The lowest BCUT2D eigenvalue weighted by Crippen LogP contribution is -2.32. The zero-order valence-corrected chi connectivity index (χ0v) is 22.1. The molecule has 0 aliphatic heterocycles. The Hall–Kier alpha value is -2.39. The number of hydrogen-bond donors (Lipinski definition) is 1. The summed E-state index contributed by atoms with van der Waals surface area (Å²) in [6.07, 6.45) is 5.79.